The van der Waals surface area contributed by atoms with Crippen LogP contribution < -0.4 is 5.73 Å². The minimum atomic E-state index is 0.0468. The van der Waals surface area contributed by atoms with Gasteiger partial charge in [-0.2, -0.15) is 0 Å². The van der Waals surface area contributed by atoms with Crippen molar-refractivity contribution in [2.45, 2.75) is 75.9 Å². The molecule has 1 aromatic carbocycles. The third-order valence-corrected chi connectivity index (χ3v) is 7.22. The molecule has 1 aromatic rings. The van der Waals surface area contributed by atoms with Crippen molar-refractivity contribution in [2.24, 2.45) is 11.7 Å². The van der Waals surface area contributed by atoms with E-state index in [1.54, 1.807) is 5.56 Å². The van der Waals surface area contributed by atoms with E-state index < -0.39 is 0 Å². The maximum absolute atomic E-state index is 13.2. The van der Waals surface area contributed by atoms with Crippen molar-refractivity contribution in [3.8, 4) is 0 Å². The van der Waals surface area contributed by atoms with Crippen molar-refractivity contribution in [3.63, 3.8) is 0 Å². The third kappa shape index (κ3) is 3.66. The summed E-state index contributed by atoms with van der Waals surface area (Å²) in [6.45, 7) is 4.65. The van der Waals surface area contributed by atoms with Crippen molar-refractivity contribution in [3.05, 3.63) is 35.4 Å². The Hall–Kier alpha value is -1.39. The third-order valence-electron chi connectivity index (χ3n) is 7.22. The van der Waals surface area contributed by atoms with Gasteiger partial charge in [-0.25, -0.2) is 0 Å². The molecule has 0 unspecified atom stereocenters. The number of amides is 1. The lowest BCUT2D eigenvalue weighted by molar-refractivity contribution is -0.140. The highest BCUT2D eigenvalue weighted by molar-refractivity contribution is 5.79. The molecule has 1 saturated heterocycles. The summed E-state index contributed by atoms with van der Waals surface area (Å²) in [5, 5.41) is 0. The molecule has 27 heavy (non-hydrogen) atoms. The lowest BCUT2D eigenvalue weighted by atomic mass is 9.73. The van der Waals surface area contributed by atoms with Crippen molar-refractivity contribution in [2.75, 3.05) is 19.7 Å². The number of fused-ring (bicyclic) bond motifs is 2. The van der Waals surface area contributed by atoms with E-state index in [1.165, 1.54) is 18.4 Å². The molecule has 3 aliphatic rings. The summed E-state index contributed by atoms with van der Waals surface area (Å²) in [6.07, 6.45) is 8.32. The van der Waals surface area contributed by atoms with Gasteiger partial charge in [0.25, 0.3) is 0 Å². The van der Waals surface area contributed by atoms with Gasteiger partial charge >= 0.3 is 0 Å². The first-order valence-electron chi connectivity index (χ1n) is 10.9. The first kappa shape index (κ1) is 18.9. The second-order valence-electron chi connectivity index (χ2n) is 8.85. The fraction of sp³-hybridized carbons (Fsp3) is 0.696. The largest absolute Gasteiger partial charge is 0.377 e. The van der Waals surface area contributed by atoms with Crippen LogP contribution in [0, 0.1) is 5.92 Å². The average Bonchev–Trinajstić information content (AvgIpc) is 3.06. The van der Waals surface area contributed by atoms with Gasteiger partial charge < -0.3 is 15.4 Å². The van der Waals surface area contributed by atoms with Crippen molar-refractivity contribution >= 4 is 5.91 Å². The SMILES string of the molecule is CCCO[C@@H]1C[C@@H](C(=O)N2CCC3(CCc4ccccc43)CC2)CC[C@H]1N. The van der Waals surface area contributed by atoms with Crippen LogP contribution in [0.4, 0.5) is 0 Å². The number of carbonyl (C=O) groups is 1. The molecule has 1 saturated carbocycles. The predicted molar refractivity (Wildman–Crippen MR) is 108 cm³/mol. The van der Waals surface area contributed by atoms with Crippen LogP contribution in [0.3, 0.4) is 0 Å². The van der Waals surface area contributed by atoms with Crippen LogP contribution in [0.2, 0.25) is 0 Å². The van der Waals surface area contributed by atoms with Gasteiger partial charge in [0.05, 0.1) is 6.10 Å². The zero-order valence-electron chi connectivity index (χ0n) is 16.7. The molecule has 1 amide bonds. The van der Waals surface area contributed by atoms with E-state index in [-0.39, 0.29) is 18.1 Å². The Morgan fingerprint density at radius 3 is 2.78 bits per heavy atom. The number of likely N-dealkylation sites (tertiary alicyclic amines) is 1. The van der Waals surface area contributed by atoms with Crippen LogP contribution in [0.25, 0.3) is 0 Å². The van der Waals surface area contributed by atoms with E-state index >= 15 is 0 Å². The van der Waals surface area contributed by atoms with E-state index in [2.05, 4.69) is 36.1 Å². The number of nitrogens with two attached hydrogens (primary N) is 1. The Morgan fingerprint density at radius 1 is 1.22 bits per heavy atom. The highest BCUT2D eigenvalue weighted by atomic mass is 16.5. The van der Waals surface area contributed by atoms with Crippen molar-refractivity contribution < 1.29 is 9.53 Å². The Morgan fingerprint density at radius 2 is 2.00 bits per heavy atom. The van der Waals surface area contributed by atoms with Crippen LogP contribution in [0.15, 0.2) is 24.3 Å². The van der Waals surface area contributed by atoms with Crippen molar-refractivity contribution in [1.82, 2.24) is 4.90 Å². The molecule has 0 bridgehead atoms. The number of carbonyl (C=O) groups excluding carboxylic acids is 1. The van der Waals surface area contributed by atoms with Gasteiger partial charge in [-0.15, -0.1) is 0 Å². The van der Waals surface area contributed by atoms with Gasteiger partial charge in [0.15, 0.2) is 0 Å². The predicted octanol–water partition coefficient (Wildman–Crippen LogP) is 3.42. The van der Waals surface area contributed by atoms with Gasteiger partial charge in [0.1, 0.15) is 0 Å². The number of hydrogen-bond acceptors (Lipinski definition) is 3. The molecule has 0 aromatic heterocycles. The van der Waals surface area contributed by atoms with E-state index in [0.29, 0.717) is 11.3 Å². The zero-order valence-corrected chi connectivity index (χ0v) is 16.7. The van der Waals surface area contributed by atoms with Crippen LogP contribution in [0.5, 0.6) is 0 Å². The summed E-state index contributed by atoms with van der Waals surface area (Å²) < 4.78 is 5.93. The van der Waals surface area contributed by atoms with Gasteiger partial charge in [-0.3, -0.25) is 4.79 Å². The molecule has 2 fully saturated rings. The molecule has 148 valence electrons. The Kier molecular flexibility index (Phi) is 5.56. The number of piperidine rings is 1. The summed E-state index contributed by atoms with van der Waals surface area (Å²) in [6, 6.07) is 9.01. The normalized spacial score (nSPS) is 29.7. The van der Waals surface area contributed by atoms with Gasteiger partial charge in [-0.1, -0.05) is 31.2 Å². The quantitative estimate of drug-likeness (QED) is 0.884. The minimum Gasteiger partial charge on any atom is -0.377 e. The summed E-state index contributed by atoms with van der Waals surface area (Å²) >= 11 is 0. The Bertz CT molecular complexity index is 666. The Labute approximate surface area is 163 Å². The molecule has 2 N–H and O–H groups in total. The molecular formula is C23H34N2O2. The van der Waals surface area contributed by atoms with Gasteiger partial charge in [0, 0.05) is 31.7 Å². The van der Waals surface area contributed by atoms with Crippen LogP contribution in [-0.2, 0) is 21.4 Å². The summed E-state index contributed by atoms with van der Waals surface area (Å²) in [7, 11) is 0. The molecule has 3 atom stereocenters. The summed E-state index contributed by atoms with van der Waals surface area (Å²) in [4.78, 5) is 15.3. The van der Waals surface area contributed by atoms with E-state index in [4.69, 9.17) is 10.5 Å². The number of benzene rings is 1. The number of ether oxygens (including phenoxy) is 1. The Balaban J connectivity index is 1.36. The van der Waals surface area contributed by atoms with Crippen LogP contribution >= 0.6 is 0 Å². The smallest absolute Gasteiger partial charge is 0.225 e. The van der Waals surface area contributed by atoms with Crippen LogP contribution in [-0.4, -0.2) is 42.6 Å². The summed E-state index contributed by atoms with van der Waals surface area (Å²) in [5.74, 6) is 0.435. The average molecular weight is 371 g/mol. The van der Waals surface area contributed by atoms with Crippen LogP contribution in [0.1, 0.15) is 63.0 Å². The lowest BCUT2D eigenvalue weighted by Crippen LogP contribution is -2.50. The second kappa shape index (κ2) is 7.92. The number of rotatable bonds is 4. The first-order chi connectivity index (χ1) is 13.1. The van der Waals surface area contributed by atoms with Gasteiger partial charge in [0.2, 0.25) is 5.91 Å². The number of nitrogens with zero attached hydrogens (tertiary/aromatic N) is 1. The number of aryl methyl sites for hydroxylation is 1. The molecule has 2 aliphatic carbocycles. The first-order valence-corrected chi connectivity index (χ1v) is 10.9. The van der Waals surface area contributed by atoms with Gasteiger partial charge in [-0.05, 0) is 67.9 Å². The molecule has 0 radical (unpaired) electrons. The minimum absolute atomic E-state index is 0.0468. The zero-order chi connectivity index (χ0) is 18.9. The fourth-order valence-corrected chi connectivity index (χ4v) is 5.53. The fourth-order valence-electron chi connectivity index (χ4n) is 5.53. The monoisotopic (exact) mass is 370 g/mol. The molecule has 4 heteroatoms. The van der Waals surface area contributed by atoms with E-state index in [1.807, 2.05) is 0 Å². The highest BCUT2D eigenvalue weighted by Crippen LogP contribution is 2.46. The standard InChI is InChI=1S/C23H34N2O2/c1-2-15-27-21-16-18(7-8-20(21)24)22(26)25-13-11-23(12-14-25)10-9-17-5-3-4-6-19(17)23/h3-6,18,20-21H,2,7-16,24H2,1H3/t18-,20+,21+/m0/s1. The topological polar surface area (TPSA) is 55.6 Å². The van der Waals surface area contributed by atoms with Crippen molar-refractivity contribution in [1.29, 1.82) is 0 Å². The van der Waals surface area contributed by atoms with E-state index in [9.17, 15) is 4.79 Å². The maximum atomic E-state index is 13.2. The summed E-state index contributed by atoms with van der Waals surface area (Å²) in [5.41, 5.74) is 9.62. The van der Waals surface area contributed by atoms with E-state index in [0.717, 1.165) is 58.2 Å². The highest BCUT2D eigenvalue weighted by Gasteiger charge is 2.43. The molecule has 4 nitrogen and oxygen atoms in total. The molecule has 4 rings (SSSR count). The molecule has 1 heterocycles. The molecule has 1 aliphatic heterocycles. The maximum Gasteiger partial charge on any atom is 0.225 e. The lowest BCUT2D eigenvalue weighted by Gasteiger charge is -2.42. The number of hydrogen-bond donors (Lipinski definition) is 1. The second-order valence-corrected chi connectivity index (χ2v) is 8.85. The molecular weight excluding hydrogens is 336 g/mol. The molecule has 1 spiro atoms.